The predicted molar refractivity (Wildman–Crippen MR) is 134 cm³/mol. The fourth-order valence-corrected chi connectivity index (χ4v) is 6.47. The molecule has 1 saturated heterocycles. The van der Waals surface area contributed by atoms with Gasteiger partial charge in [-0.2, -0.15) is 0 Å². The van der Waals surface area contributed by atoms with E-state index in [0.717, 1.165) is 18.5 Å². The van der Waals surface area contributed by atoms with E-state index in [2.05, 4.69) is 10.2 Å². The van der Waals surface area contributed by atoms with Crippen molar-refractivity contribution >= 4 is 27.3 Å². The van der Waals surface area contributed by atoms with Gasteiger partial charge >= 0.3 is 0 Å². The Bertz CT molecular complexity index is 1480. The number of nitrogens with zero attached hydrogens (tertiary/aromatic N) is 5. The number of para-hydroxylation sites is 1. The van der Waals surface area contributed by atoms with Gasteiger partial charge in [-0.05, 0) is 68.7 Å². The molecule has 5 rings (SSSR count). The highest BCUT2D eigenvalue weighted by Gasteiger charge is 2.35. The van der Waals surface area contributed by atoms with Gasteiger partial charge in [-0.15, -0.1) is 10.2 Å². The van der Waals surface area contributed by atoms with Gasteiger partial charge in [-0.25, -0.2) is 8.42 Å². The minimum atomic E-state index is -3.86. The molecule has 1 aliphatic rings. The number of sulfonamides is 1. The first-order valence-corrected chi connectivity index (χ1v) is 13.1. The zero-order chi connectivity index (χ0) is 24.6. The Labute approximate surface area is 204 Å². The van der Waals surface area contributed by atoms with Crippen molar-refractivity contribution in [2.75, 3.05) is 17.4 Å². The maximum Gasteiger partial charge on any atom is 0.264 e. The van der Waals surface area contributed by atoms with Crippen LogP contribution < -0.4 is 4.31 Å². The van der Waals surface area contributed by atoms with Gasteiger partial charge in [-0.3, -0.25) is 13.5 Å². The van der Waals surface area contributed by atoms with E-state index in [1.165, 1.54) is 10.4 Å². The molecule has 0 radical (unpaired) electrons. The lowest BCUT2D eigenvalue weighted by Crippen LogP contribution is -2.33. The first-order valence-electron chi connectivity index (χ1n) is 11.7. The third-order valence-corrected chi connectivity index (χ3v) is 8.53. The Morgan fingerprint density at radius 1 is 1.06 bits per heavy atom. The van der Waals surface area contributed by atoms with Crippen molar-refractivity contribution in [3.8, 4) is 0 Å². The van der Waals surface area contributed by atoms with Crippen LogP contribution in [0.5, 0.6) is 0 Å². The molecular weight excluding hydrogens is 462 g/mol. The van der Waals surface area contributed by atoms with Crippen LogP contribution >= 0.6 is 0 Å². The molecule has 0 spiro atoms. The average Bonchev–Trinajstić information content (AvgIpc) is 3.52. The largest absolute Gasteiger partial charge is 0.328 e. The summed E-state index contributed by atoms with van der Waals surface area (Å²) in [5.41, 5.74) is 2.26. The van der Waals surface area contributed by atoms with Crippen LogP contribution in [-0.2, 0) is 10.0 Å². The van der Waals surface area contributed by atoms with Crippen molar-refractivity contribution < 1.29 is 13.2 Å². The number of fused-ring (bicyclic) bond motifs is 1. The normalized spacial score (nSPS) is 16.1. The van der Waals surface area contributed by atoms with Gasteiger partial charge in [0.05, 0.1) is 16.6 Å². The molecule has 8 nitrogen and oxygen atoms in total. The number of amides is 1. The third kappa shape index (κ3) is 4.05. The Morgan fingerprint density at radius 2 is 1.83 bits per heavy atom. The molecule has 3 heterocycles. The number of hydrogen-bond acceptors (Lipinski definition) is 5. The smallest absolute Gasteiger partial charge is 0.264 e. The number of benzene rings is 2. The lowest BCUT2D eigenvalue weighted by atomic mass is 10.1. The maximum atomic E-state index is 13.7. The van der Waals surface area contributed by atoms with Crippen LogP contribution in [0.3, 0.4) is 0 Å². The third-order valence-electron chi connectivity index (χ3n) is 6.49. The zero-order valence-corrected chi connectivity index (χ0v) is 20.5. The predicted octanol–water partition coefficient (Wildman–Crippen LogP) is 4.23. The molecule has 4 aromatic rings. The molecule has 9 heteroatoms. The molecular formula is C26H27N5O3S. The first-order chi connectivity index (χ1) is 16.9. The van der Waals surface area contributed by atoms with Crippen molar-refractivity contribution in [2.24, 2.45) is 0 Å². The molecule has 0 aliphatic carbocycles. The van der Waals surface area contributed by atoms with Crippen LogP contribution in [0.4, 0.5) is 5.69 Å². The van der Waals surface area contributed by atoms with E-state index >= 15 is 0 Å². The minimum Gasteiger partial charge on any atom is -0.328 e. The van der Waals surface area contributed by atoms with Gasteiger partial charge < -0.3 is 4.90 Å². The van der Waals surface area contributed by atoms with E-state index in [1.807, 2.05) is 47.0 Å². The SMILES string of the molecule is CCN(c1ccccc1)S(=O)(=O)c1cc(C(=O)N2CCCC2c2nnc3ccccn23)ccc1C. The molecule has 2 aromatic heterocycles. The van der Waals surface area contributed by atoms with Gasteiger partial charge in [0.15, 0.2) is 11.5 Å². The number of carbonyl (C=O) groups excluding carboxylic acids is 1. The lowest BCUT2D eigenvalue weighted by Gasteiger charge is -2.26. The van der Waals surface area contributed by atoms with Crippen molar-refractivity contribution in [3.05, 3.63) is 89.9 Å². The number of rotatable bonds is 6. The highest BCUT2D eigenvalue weighted by atomic mass is 32.2. The fourth-order valence-electron chi connectivity index (χ4n) is 4.75. The quantitative estimate of drug-likeness (QED) is 0.404. The Balaban J connectivity index is 1.50. The molecule has 180 valence electrons. The van der Waals surface area contributed by atoms with E-state index in [9.17, 15) is 13.2 Å². The second-order valence-corrected chi connectivity index (χ2v) is 10.5. The fraction of sp³-hybridized carbons (Fsp3) is 0.269. The highest BCUT2D eigenvalue weighted by molar-refractivity contribution is 7.92. The van der Waals surface area contributed by atoms with E-state index < -0.39 is 10.0 Å². The second kappa shape index (κ2) is 9.14. The summed E-state index contributed by atoms with van der Waals surface area (Å²) in [5, 5.41) is 8.59. The molecule has 1 amide bonds. The molecule has 35 heavy (non-hydrogen) atoms. The maximum absolute atomic E-state index is 13.7. The second-order valence-electron chi connectivity index (χ2n) is 8.63. The summed E-state index contributed by atoms with van der Waals surface area (Å²) in [5.74, 6) is 0.507. The Kier molecular flexibility index (Phi) is 6.02. The van der Waals surface area contributed by atoms with Gasteiger partial charge in [0.2, 0.25) is 0 Å². The monoisotopic (exact) mass is 489 g/mol. The standard InChI is InChI=1S/C26H27N5O3S/c1-3-31(21-10-5-4-6-11-21)35(33,34)23-18-20(15-14-19(23)2)26(32)29-17-9-12-22(29)25-28-27-24-13-7-8-16-30(24)25/h4-8,10-11,13-16,18,22H,3,9,12,17H2,1-2H3. The van der Waals surface area contributed by atoms with Crippen LogP contribution in [0.15, 0.2) is 77.8 Å². The van der Waals surface area contributed by atoms with Crippen LogP contribution in [0.25, 0.3) is 5.65 Å². The number of aromatic nitrogens is 3. The molecule has 0 saturated carbocycles. The van der Waals surface area contributed by atoms with Crippen molar-refractivity contribution in [2.45, 2.75) is 37.6 Å². The van der Waals surface area contributed by atoms with Crippen molar-refractivity contribution in [3.63, 3.8) is 0 Å². The van der Waals surface area contributed by atoms with Crippen molar-refractivity contribution in [1.82, 2.24) is 19.5 Å². The number of hydrogen-bond donors (Lipinski definition) is 0. The van der Waals surface area contributed by atoms with Crippen LogP contribution in [0.1, 0.15) is 47.6 Å². The first kappa shape index (κ1) is 23.0. The summed E-state index contributed by atoms with van der Waals surface area (Å²) >= 11 is 0. The van der Waals surface area contributed by atoms with Gasteiger partial charge in [-0.1, -0.05) is 30.3 Å². The zero-order valence-electron chi connectivity index (χ0n) is 19.7. The van der Waals surface area contributed by atoms with Crippen LogP contribution in [0, 0.1) is 6.92 Å². The lowest BCUT2D eigenvalue weighted by molar-refractivity contribution is 0.0729. The Hall–Kier alpha value is -3.72. The van der Waals surface area contributed by atoms with E-state index in [0.29, 0.717) is 29.2 Å². The van der Waals surface area contributed by atoms with Gasteiger partial charge in [0.25, 0.3) is 15.9 Å². The molecule has 1 unspecified atom stereocenters. The van der Waals surface area contributed by atoms with E-state index in [1.54, 1.807) is 43.0 Å². The topological polar surface area (TPSA) is 87.9 Å². The molecule has 1 atom stereocenters. The number of likely N-dealkylation sites (tertiary alicyclic amines) is 1. The summed E-state index contributed by atoms with van der Waals surface area (Å²) in [4.78, 5) is 15.6. The van der Waals surface area contributed by atoms with Gasteiger partial charge in [0.1, 0.15) is 0 Å². The highest BCUT2D eigenvalue weighted by Crippen LogP contribution is 2.33. The van der Waals surface area contributed by atoms with Crippen LogP contribution in [0.2, 0.25) is 0 Å². The minimum absolute atomic E-state index is 0.137. The van der Waals surface area contributed by atoms with E-state index in [-0.39, 0.29) is 23.4 Å². The molecule has 1 fully saturated rings. The number of anilines is 1. The molecule has 0 N–H and O–H groups in total. The summed E-state index contributed by atoms with van der Waals surface area (Å²) < 4.78 is 30.6. The van der Waals surface area contributed by atoms with Gasteiger partial charge in [0, 0.05) is 24.8 Å². The number of aryl methyl sites for hydroxylation is 1. The number of pyridine rings is 1. The van der Waals surface area contributed by atoms with E-state index in [4.69, 9.17) is 0 Å². The molecule has 0 bridgehead atoms. The molecule has 2 aromatic carbocycles. The Morgan fingerprint density at radius 3 is 2.60 bits per heavy atom. The van der Waals surface area contributed by atoms with Crippen molar-refractivity contribution in [1.29, 1.82) is 0 Å². The summed E-state index contributed by atoms with van der Waals surface area (Å²) in [6, 6.07) is 19.4. The number of carbonyl (C=O) groups is 1. The molecule has 1 aliphatic heterocycles. The summed E-state index contributed by atoms with van der Waals surface area (Å²) in [6.45, 7) is 4.40. The average molecular weight is 490 g/mol. The summed E-state index contributed by atoms with van der Waals surface area (Å²) in [6.07, 6.45) is 3.51. The van der Waals surface area contributed by atoms with Crippen LogP contribution in [-0.4, -0.2) is 46.9 Å². The summed E-state index contributed by atoms with van der Waals surface area (Å²) in [7, 11) is -3.86.